The molecule has 1 aliphatic carbocycles. The lowest BCUT2D eigenvalue weighted by Crippen LogP contribution is -2.22. The van der Waals surface area contributed by atoms with E-state index in [0.717, 1.165) is 6.42 Å². The molecule has 1 aliphatic rings. The third kappa shape index (κ3) is 4.58. The van der Waals surface area contributed by atoms with Crippen LogP contribution in [0.15, 0.2) is 58.0 Å². The molecule has 9 heteroatoms. The van der Waals surface area contributed by atoms with Gasteiger partial charge < -0.3 is 14.5 Å². The summed E-state index contributed by atoms with van der Waals surface area (Å²) < 4.78 is 10.7. The summed E-state index contributed by atoms with van der Waals surface area (Å²) in [5.41, 5.74) is 5.35. The minimum Gasteiger partial charge on any atom is -0.465 e. The second kappa shape index (κ2) is 9.93. The maximum atomic E-state index is 13.0. The molecule has 0 fully saturated rings. The Morgan fingerprint density at radius 1 is 1.00 bits per heavy atom. The number of hydrogen-bond acceptors (Lipinski definition) is 6. The van der Waals surface area contributed by atoms with Crippen LogP contribution in [0.1, 0.15) is 61.0 Å². The summed E-state index contributed by atoms with van der Waals surface area (Å²) in [6.07, 6.45) is 2.01. The number of carbonyl (C=O) groups is 3. The molecule has 4 rings (SSSR count). The standard InChI is InChI=1S/C25H22ClN3O5/c1-14-21-19(28-29-23(30)15-8-3-5-10-17(15)26)12-7-13-20(21)34-22(14)24(31)27-18-11-6-4-9-16(18)25(32)33-2/h3-6,8-11H,7,12-13H2,1-2H3,(H,27,31)(H,29,30)/b28-19+. The van der Waals surface area contributed by atoms with E-state index in [1.165, 1.54) is 7.11 Å². The fraction of sp³-hybridized carbons (Fsp3) is 0.200. The number of halogens is 1. The van der Waals surface area contributed by atoms with Gasteiger partial charge >= 0.3 is 5.97 Å². The van der Waals surface area contributed by atoms with Crippen molar-refractivity contribution in [3.8, 4) is 0 Å². The van der Waals surface area contributed by atoms with E-state index in [0.29, 0.717) is 51.7 Å². The van der Waals surface area contributed by atoms with E-state index in [1.807, 2.05) is 0 Å². The number of aryl methyl sites for hydroxylation is 1. The van der Waals surface area contributed by atoms with Crippen LogP contribution in [-0.2, 0) is 11.2 Å². The van der Waals surface area contributed by atoms with Gasteiger partial charge in [-0.15, -0.1) is 0 Å². The zero-order chi connectivity index (χ0) is 24.2. The Bertz CT molecular complexity index is 1310. The van der Waals surface area contributed by atoms with E-state index < -0.39 is 17.8 Å². The van der Waals surface area contributed by atoms with Crippen LogP contribution in [0.5, 0.6) is 0 Å². The fourth-order valence-corrected chi connectivity index (χ4v) is 4.10. The van der Waals surface area contributed by atoms with E-state index in [-0.39, 0.29) is 11.3 Å². The number of anilines is 1. The highest BCUT2D eigenvalue weighted by atomic mass is 35.5. The Balaban J connectivity index is 1.59. The molecular formula is C25H22ClN3O5. The summed E-state index contributed by atoms with van der Waals surface area (Å²) in [6, 6.07) is 13.3. The van der Waals surface area contributed by atoms with Crippen molar-refractivity contribution < 1.29 is 23.5 Å². The van der Waals surface area contributed by atoms with Crippen molar-refractivity contribution in [2.24, 2.45) is 5.10 Å². The Morgan fingerprint density at radius 3 is 2.44 bits per heavy atom. The molecular weight excluding hydrogens is 458 g/mol. The minimum absolute atomic E-state index is 0.122. The molecule has 1 aromatic heterocycles. The predicted molar refractivity (Wildman–Crippen MR) is 128 cm³/mol. The molecule has 0 unspecified atom stereocenters. The van der Waals surface area contributed by atoms with Crippen LogP contribution in [0, 0.1) is 6.92 Å². The number of para-hydroxylation sites is 1. The first-order chi connectivity index (χ1) is 16.4. The third-order valence-corrected chi connectivity index (χ3v) is 5.85. The fourth-order valence-electron chi connectivity index (χ4n) is 3.88. The largest absolute Gasteiger partial charge is 0.465 e. The molecule has 8 nitrogen and oxygen atoms in total. The van der Waals surface area contributed by atoms with Crippen LogP contribution in [0.3, 0.4) is 0 Å². The van der Waals surface area contributed by atoms with Gasteiger partial charge in [-0.05, 0) is 44.0 Å². The minimum atomic E-state index is -0.560. The number of ether oxygens (including phenoxy) is 1. The molecule has 0 saturated heterocycles. The van der Waals surface area contributed by atoms with E-state index in [2.05, 4.69) is 15.8 Å². The Morgan fingerprint density at radius 2 is 1.71 bits per heavy atom. The lowest BCUT2D eigenvalue weighted by Gasteiger charge is -2.13. The number of furan rings is 1. The maximum Gasteiger partial charge on any atom is 0.339 e. The first-order valence-electron chi connectivity index (χ1n) is 10.6. The van der Waals surface area contributed by atoms with Crippen LogP contribution in [0.4, 0.5) is 5.69 Å². The van der Waals surface area contributed by atoms with E-state index in [9.17, 15) is 14.4 Å². The highest BCUT2D eigenvalue weighted by Crippen LogP contribution is 2.30. The number of nitrogens with zero attached hydrogens (tertiary/aromatic N) is 1. The zero-order valence-corrected chi connectivity index (χ0v) is 19.4. The first-order valence-corrected chi connectivity index (χ1v) is 11.0. The number of benzene rings is 2. The summed E-state index contributed by atoms with van der Waals surface area (Å²) in [4.78, 5) is 37.6. The normalized spacial score (nSPS) is 13.8. The van der Waals surface area contributed by atoms with Crippen molar-refractivity contribution in [1.82, 2.24) is 5.43 Å². The molecule has 2 aromatic carbocycles. The van der Waals surface area contributed by atoms with Gasteiger partial charge in [0.1, 0.15) is 5.76 Å². The summed E-state index contributed by atoms with van der Waals surface area (Å²) in [5, 5.41) is 7.37. The second-order valence-corrected chi connectivity index (χ2v) is 8.09. The number of methoxy groups -OCH3 is 1. The van der Waals surface area contributed by atoms with Gasteiger partial charge in [0, 0.05) is 17.5 Å². The van der Waals surface area contributed by atoms with Crippen molar-refractivity contribution in [3.63, 3.8) is 0 Å². The van der Waals surface area contributed by atoms with Crippen molar-refractivity contribution in [2.45, 2.75) is 26.2 Å². The van der Waals surface area contributed by atoms with Gasteiger partial charge in [-0.25, -0.2) is 10.2 Å². The van der Waals surface area contributed by atoms with Crippen LogP contribution < -0.4 is 10.7 Å². The quantitative estimate of drug-likeness (QED) is 0.405. The van der Waals surface area contributed by atoms with Gasteiger partial charge in [-0.3, -0.25) is 9.59 Å². The Hall–Kier alpha value is -3.91. The molecule has 1 heterocycles. The number of carbonyl (C=O) groups excluding carboxylic acids is 3. The van der Waals surface area contributed by atoms with Crippen LogP contribution in [0.2, 0.25) is 5.02 Å². The topological polar surface area (TPSA) is 110 Å². The van der Waals surface area contributed by atoms with E-state index in [1.54, 1.807) is 55.5 Å². The molecule has 0 saturated carbocycles. The van der Waals surface area contributed by atoms with Crippen LogP contribution in [-0.4, -0.2) is 30.6 Å². The summed E-state index contributed by atoms with van der Waals surface area (Å²) in [5.74, 6) is -0.737. The molecule has 0 aliphatic heterocycles. The SMILES string of the molecule is COC(=O)c1ccccc1NC(=O)c1oc2c(c1C)/C(=N/NC(=O)c1ccccc1Cl)CCC2. The number of amides is 2. The molecule has 0 spiro atoms. The number of hydrogen-bond donors (Lipinski definition) is 2. The molecule has 2 N–H and O–H groups in total. The predicted octanol–water partition coefficient (Wildman–Crippen LogP) is 4.75. The zero-order valence-electron chi connectivity index (χ0n) is 18.6. The van der Waals surface area contributed by atoms with Crippen molar-refractivity contribution >= 4 is 40.8 Å². The molecule has 0 atom stereocenters. The number of nitrogens with one attached hydrogen (secondary N) is 2. The molecule has 0 bridgehead atoms. The van der Waals surface area contributed by atoms with Gasteiger partial charge in [0.15, 0.2) is 5.76 Å². The number of esters is 1. The number of rotatable bonds is 5. The molecule has 174 valence electrons. The lowest BCUT2D eigenvalue weighted by atomic mass is 9.93. The highest BCUT2D eigenvalue weighted by molar-refractivity contribution is 6.33. The van der Waals surface area contributed by atoms with Crippen molar-refractivity contribution in [2.75, 3.05) is 12.4 Å². The summed E-state index contributed by atoms with van der Waals surface area (Å²) >= 11 is 6.09. The average molecular weight is 480 g/mol. The summed E-state index contributed by atoms with van der Waals surface area (Å²) in [6.45, 7) is 1.76. The molecule has 0 radical (unpaired) electrons. The second-order valence-electron chi connectivity index (χ2n) is 7.68. The summed E-state index contributed by atoms with van der Waals surface area (Å²) in [7, 11) is 1.27. The average Bonchev–Trinajstić information content (AvgIpc) is 3.20. The van der Waals surface area contributed by atoms with Gasteiger partial charge in [-0.2, -0.15) is 5.10 Å². The lowest BCUT2D eigenvalue weighted by molar-refractivity contribution is 0.0601. The monoisotopic (exact) mass is 479 g/mol. The Kier molecular flexibility index (Phi) is 6.79. The van der Waals surface area contributed by atoms with Gasteiger partial charge in [0.05, 0.1) is 34.7 Å². The van der Waals surface area contributed by atoms with E-state index in [4.69, 9.17) is 20.8 Å². The van der Waals surface area contributed by atoms with Crippen LogP contribution in [0.25, 0.3) is 0 Å². The van der Waals surface area contributed by atoms with Crippen LogP contribution >= 0.6 is 11.6 Å². The first kappa shape index (κ1) is 23.3. The Labute approximate surface area is 200 Å². The molecule has 3 aromatic rings. The third-order valence-electron chi connectivity index (χ3n) is 5.52. The van der Waals surface area contributed by atoms with Crippen molar-refractivity contribution in [3.05, 3.63) is 87.3 Å². The maximum absolute atomic E-state index is 13.0. The van der Waals surface area contributed by atoms with Crippen molar-refractivity contribution in [1.29, 1.82) is 0 Å². The number of hydrazone groups is 1. The van der Waals surface area contributed by atoms with E-state index >= 15 is 0 Å². The molecule has 2 amide bonds. The smallest absolute Gasteiger partial charge is 0.339 e. The van der Waals surface area contributed by atoms with Gasteiger partial charge in [0.2, 0.25) is 0 Å². The number of fused-ring (bicyclic) bond motifs is 1. The molecule has 34 heavy (non-hydrogen) atoms. The highest BCUT2D eigenvalue weighted by Gasteiger charge is 2.28. The van der Waals surface area contributed by atoms with Gasteiger partial charge in [-0.1, -0.05) is 35.9 Å². The van der Waals surface area contributed by atoms with Gasteiger partial charge in [0.25, 0.3) is 11.8 Å².